The second kappa shape index (κ2) is 5.25. The van der Waals surface area contributed by atoms with Crippen LogP contribution in [0.5, 0.6) is 0 Å². The van der Waals surface area contributed by atoms with Crippen molar-refractivity contribution in [3.63, 3.8) is 0 Å². The Hall–Kier alpha value is -0.450. The van der Waals surface area contributed by atoms with Gasteiger partial charge in [0.05, 0.1) is 0 Å². The van der Waals surface area contributed by atoms with Crippen LogP contribution in [0.4, 0.5) is 4.39 Å². The van der Waals surface area contributed by atoms with E-state index in [1.54, 1.807) is 12.1 Å². The summed E-state index contributed by atoms with van der Waals surface area (Å²) in [5, 5.41) is 0. The summed E-state index contributed by atoms with van der Waals surface area (Å²) in [5.74, 6) is 0.239. The Kier molecular flexibility index (Phi) is 3.95. The molecule has 0 radical (unpaired) electrons. The van der Waals surface area contributed by atoms with Crippen molar-refractivity contribution < 1.29 is 9.13 Å². The molecule has 1 aromatic carbocycles. The van der Waals surface area contributed by atoms with Gasteiger partial charge in [-0.15, -0.1) is 0 Å². The Balaban J connectivity index is 2.07. The Morgan fingerprint density at radius 1 is 1.56 bits per heavy atom. The third-order valence-electron chi connectivity index (χ3n) is 2.97. The Morgan fingerprint density at radius 2 is 2.38 bits per heavy atom. The number of halogens is 2. The van der Waals surface area contributed by atoms with Crippen LogP contribution in [0.25, 0.3) is 0 Å². The molecule has 2 unspecified atom stereocenters. The van der Waals surface area contributed by atoms with Gasteiger partial charge in [0.25, 0.3) is 0 Å². The summed E-state index contributed by atoms with van der Waals surface area (Å²) in [4.78, 5) is 0. The summed E-state index contributed by atoms with van der Waals surface area (Å²) >= 11 is 3.33. The second-order valence-electron chi connectivity index (χ2n) is 4.24. The van der Waals surface area contributed by atoms with E-state index >= 15 is 0 Å². The zero-order chi connectivity index (χ0) is 11.5. The van der Waals surface area contributed by atoms with Gasteiger partial charge in [0.1, 0.15) is 5.82 Å². The Morgan fingerprint density at radius 3 is 3.06 bits per heavy atom. The predicted octanol–water partition coefficient (Wildman–Crippen LogP) is 3.01. The van der Waals surface area contributed by atoms with Crippen molar-refractivity contribution in [2.24, 2.45) is 11.7 Å². The zero-order valence-corrected chi connectivity index (χ0v) is 10.5. The van der Waals surface area contributed by atoms with Gasteiger partial charge in [0.2, 0.25) is 0 Å². The third kappa shape index (κ3) is 2.81. The normalized spacial score (nSPS) is 22.3. The number of hydrogen-bond acceptors (Lipinski definition) is 2. The molecule has 2 rings (SSSR count). The van der Waals surface area contributed by atoms with Gasteiger partial charge in [-0.25, -0.2) is 4.39 Å². The second-order valence-corrected chi connectivity index (χ2v) is 5.15. The number of ether oxygens (including phenoxy) is 1. The van der Waals surface area contributed by atoms with Crippen molar-refractivity contribution in [2.75, 3.05) is 13.2 Å². The van der Waals surface area contributed by atoms with E-state index in [2.05, 4.69) is 15.9 Å². The molecule has 2 atom stereocenters. The summed E-state index contributed by atoms with van der Waals surface area (Å²) in [6.07, 6.45) is 1.82. The van der Waals surface area contributed by atoms with Crippen LogP contribution in [-0.4, -0.2) is 13.2 Å². The molecule has 0 amide bonds. The van der Waals surface area contributed by atoms with Crippen LogP contribution in [-0.2, 0) is 4.74 Å². The first-order valence-corrected chi connectivity index (χ1v) is 6.24. The highest BCUT2D eigenvalue weighted by Gasteiger charge is 2.21. The summed E-state index contributed by atoms with van der Waals surface area (Å²) in [5.41, 5.74) is 6.61. The van der Waals surface area contributed by atoms with Gasteiger partial charge < -0.3 is 10.5 Å². The van der Waals surface area contributed by atoms with Gasteiger partial charge in [0, 0.05) is 29.3 Å². The third-order valence-corrected chi connectivity index (χ3v) is 3.46. The highest BCUT2D eigenvalue weighted by molar-refractivity contribution is 9.10. The number of benzene rings is 1. The molecule has 1 aliphatic rings. The van der Waals surface area contributed by atoms with Crippen molar-refractivity contribution in [3.8, 4) is 0 Å². The molecule has 4 heteroatoms. The SMILES string of the molecule is NC(CC1CCOC1)c1cc(Br)ccc1F. The molecule has 2 N–H and O–H groups in total. The molecule has 2 nitrogen and oxygen atoms in total. The molecule has 16 heavy (non-hydrogen) atoms. The minimum Gasteiger partial charge on any atom is -0.381 e. The summed E-state index contributed by atoms with van der Waals surface area (Å²) in [6.45, 7) is 1.56. The first-order chi connectivity index (χ1) is 7.66. The average Bonchev–Trinajstić information content (AvgIpc) is 2.74. The number of rotatable bonds is 3. The number of nitrogens with two attached hydrogens (primary N) is 1. The van der Waals surface area contributed by atoms with E-state index in [1.807, 2.05) is 0 Å². The topological polar surface area (TPSA) is 35.2 Å². The zero-order valence-electron chi connectivity index (χ0n) is 8.96. The molecule has 1 saturated heterocycles. The van der Waals surface area contributed by atoms with Crippen molar-refractivity contribution >= 4 is 15.9 Å². The van der Waals surface area contributed by atoms with Crippen molar-refractivity contribution in [1.29, 1.82) is 0 Å². The molecule has 0 bridgehead atoms. The maximum Gasteiger partial charge on any atom is 0.128 e. The van der Waals surface area contributed by atoms with Gasteiger partial charge in [0.15, 0.2) is 0 Å². The monoisotopic (exact) mass is 287 g/mol. The summed E-state index contributed by atoms with van der Waals surface area (Å²) in [6, 6.07) is 4.65. The smallest absolute Gasteiger partial charge is 0.128 e. The average molecular weight is 288 g/mol. The minimum atomic E-state index is -0.246. The predicted molar refractivity (Wildman–Crippen MR) is 64.6 cm³/mol. The van der Waals surface area contributed by atoms with E-state index < -0.39 is 0 Å². The summed E-state index contributed by atoms with van der Waals surface area (Å²) < 4.78 is 19.7. The largest absolute Gasteiger partial charge is 0.381 e. The van der Waals surface area contributed by atoms with Crippen LogP contribution in [0.2, 0.25) is 0 Å². The lowest BCUT2D eigenvalue weighted by atomic mass is 9.94. The van der Waals surface area contributed by atoms with Crippen LogP contribution < -0.4 is 5.73 Å². The lowest BCUT2D eigenvalue weighted by Gasteiger charge is -2.16. The molecular formula is C12H15BrFNO. The molecule has 0 saturated carbocycles. The van der Waals surface area contributed by atoms with E-state index in [4.69, 9.17) is 10.5 Å². The highest BCUT2D eigenvalue weighted by Crippen LogP contribution is 2.27. The molecule has 1 aliphatic heterocycles. The maximum atomic E-state index is 13.6. The van der Waals surface area contributed by atoms with Crippen LogP contribution in [0.15, 0.2) is 22.7 Å². The van der Waals surface area contributed by atoms with E-state index in [9.17, 15) is 4.39 Å². The highest BCUT2D eigenvalue weighted by atomic mass is 79.9. The van der Waals surface area contributed by atoms with E-state index in [-0.39, 0.29) is 11.9 Å². The molecule has 0 spiro atoms. The molecule has 1 heterocycles. The first-order valence-electron chi connectivity index (χ1n) is 5.45. The summed E-state index contributed by atoms with van der Waals surface area (Å²) in [7, 11) is 0. The van der Waals surface area contributed by atoms with Crippen molar-refractivity contribution in [2.45, 2.75) is 18.9 Å². The molecular weight excluding hydrogens is 273 g/mol. The van der Waals surface area contributed by atoms with Crippen LogP contribution in [0.1, 0.15) is 24.4 Å². The Labute approximate surface area is 103 Å². The standard InChI is InChI=1S/C12H15BrFNO/c13-9-1-2-11(14)10(6-9)12(15)5-8-3-4-16-7-8/h1-2,6,8,12H,3-5,7,15H2. The molecule has 1 aromatic rings. The fourth-order valence-electron chi connectivity index (χ4n) is 2.05. The van der Waals surface area contributed by atoms with Gasteiger partial charge in [-0.1, -0.05) is 15.9 Å². The molecule has 88 valence electrons. The molecule has 0 aliphatic carbocycles. The molecule has 0 aromatic heterocycles. The maximum absolute atomic E-state index is 13.6. The lowest BCUT2D eigenvalue weighted by Crippen LogP contribution is -2.17. The van der Waals surface area contributed by atoms with Gasteiger partial charge in [-0.05, 0) is 37.0 Å². The quantitative estimate of drug-likeness (QED) is 0.928. The van der Waals surface area contributed by atoms with Gasteiger partial charge in [-0.2, -0.15) is 0 Å². The van der Waals surface area contributed by atoms with Crippen LogP contribution in [0.3, 0.4) is 0 Å². The van der Waals surface area contributed by atoms with Gasteiger partial charge in [-0.3, -0.25) is 0 Å². The van der Waals surface area contributed by atoms with E-state index in [0.29, 0.717) is 11.5 Å². The Bertz CT molecular complexity index is 366. The fraction of sp³-hybridized carbons (Fsp3) is 0.500. The van der Waals surface area contributed by atoms with Gasteiger partial charge >= 0.3 is 0 Å². The first kappa shape index (κ1) is 12.0. The van der Waals surface area contributed by atoms with E-state index in [0.717, 1.165) is 30.5 Å². The van der Waals surface area contributed by atoms with E-state index in [1.165, 1.54) is 6.07 Å². The number of hydrogen-bond donors (Lipinski definition) is 1. The van der Waals surface area contributed by atoms with Crippen molar-refractivity contribution in [1.82, 2.24) is 0 Å². The fourth-order valence-corrected chi connectivity index (χ4v) is 2.43. The van der Waals surface area contributed by atoms with Crippen LogP contribution >= 0.6 is 15.9 Å². The van der Waals surface area contributed by atoms with Crippen molar-refractivity contribution in [3.05, 3.63) is 34.1 Å². The van der Waals surface area contributed by atoms with Crippen LogP contribution in [0, 0.1) is 11.7 Å². The molecule has 1 fully saturated rings. The lowest BCUT2D eigenvalue weighted by molar-refractivity contribution is 0.182. The minimum absolute atomic E-state index is 0.227.